The van der Waals surface area contributed by atoms with Gasteiger partial charge in [-0.3, -0.25) is 95.9 Å². The molecule has 0 heterocycles. The topological polar surface area (TPSA) is 766 Å². The summed E-state index contributed by atoms with van der Waals surface area (Å²) in [5, 5.41) is 157. The molecule has 0 bridgehead atoms. The summed E-state index contributed by atoms with van der Waals surface area (Å²) in [5.74, 6) is -16.7. The summed E-state index contributed by atoms with van der Waals surface area (Å²) in [5.41, 5.74) is 0. The van der Waals surface area contributed by atoms with E-state index in [9.17, 15) is 4.79 Å². The summed E-state index contributed by atoms with van der Waals surface area (Å²) in [7, 11) is 0. The molecule has 0 saturated carbocycles. The van der Waals surface area contributed by atoms with Crippen LogP contribution in [0.1, 0.15) is 144 Å². The van der Waals surface area contributed by atoms with Gasteiger partial charge in [-0.25, -0.2) is 0 Å². The summed E-state index contributed by atoms with van der Waals surface area (Å²) < 4.78 is 0. The third-order valence-corrected chi connectivity index (χ3v) is 0.549. The van der Waals surface area contributed by atoms with E-state index < -0.39 is 119 Å². The molecule has 0 atom stereocenters. The van der Waals surface area contributed by atoms with Crippen molar-refractivity contribution >= 4 is 119 Å². The van der Waals surface area contributed by atoms with Gasteiger partial charge in [0.05, 0.1) is 0 Å². The number of carboxylic acid groups (broad SMARTS) is 20. The van der Waals surface area contributed by atoms with Crippen molar-refractivity contribution in [1.29, 1.82) is 0 Å². The van der Waals surface area contributed by atoms with Crippen molar-refractivity contribution in [2.75, 3.05) is 6.61 Å². The summed E-state index contributed by atoms with van der Waals surface area (Å²) in [6.45, 7) is 20.5. The van der Waals surface area contributed by atoms with Crippen LogP contribution in [0, 0.1) is 0 Å². The van der Waals surface area contributed by atoms with Crippen LogP contribution in [-0.2, 0) is 95.9 Å². The molecular formula is C42H84O41. The number of rotatable bonds is 3. The lowest BCUT2D eigenvalue weighted by Crippen LogP contribution is -1.95. The first-order chi connectivity index (χ1) is 36.2. The fourth-order valence-electron chi connectivity index (χ4n) is 0.230. The van der Waals surface area contributed by atoms with Crippen molar-refractivity contribution < 1.29 is 203 Å². The smallest absolute Gasteiger partial charge is 0.303 e. The van der Waals surface area contributed by atoms with Crippen LogP contribution in [0.15, 0.2) is 0 Å². The van der Waals surface area contributed by atoms with E-state index in [-0.39, 0.29) is 13.0 Å². The maximum atomic E-state index is 9.65. The lowest BCUT2D eigenvalue weighted by atomic mass is 10.3. The normalized spacial score (nSPS) is 6.46. The second kappa shape index (κ2) is 129. The number of carboxylic acids is 20. The van der Waals surface area contributed by atoms with E-state index in [1.165, 1.54) is 0 Å². The van der Waals surface area contributed by atoms with Crippen molar-refractivity contribution in [3.8, 4) is 0 Å². The molecule has 21 N–H and O–H groups in total. The molecule has 0 aromatic rings. The monoisotopic (exact) mass is 1240 g/mol. The van der Waals surface area contributed by atoms with E-state index in [0.717, 1.165) is 132 Å². The quantitative estimate of drug-likeness (QED) is 0.191. The summed E-state index contributed by atoms with van der Waals surface area (Å²) in [4.78, 5) is 181. The summed E-state index contributed by atoms with van der Waals surface area (Å²) >= 11 is 0. The van der Waals surface area contributed by atoms with Crippen molar-refractivity contribution in [2.45, 2.75) is 144 Å². The van der Waals surface area contributed by atoms with Gasteiger partial charge >= 0.3 is 5.97 Å². The highest BCUT2D eigenvalue weighted by molar-refractivity contribution is 5.68. The standard InChI is InChI=1S/C4H8O3.19C2H4O2/c5-3-1-2-4(6)7;19*1-2(3)4/h5H,1-3H2,(H,6,7);19*1H3,(H,3,4). The zero-order valence-corrected chi connectivity index (χ0v) is 48.7. The van der Waals surface area contributed by atoms with Gasteiger partial charge in [0, 0.05) is 145 Å². The second-order valence-corrected chi connectivity index (χ2v) is 11.1. The van der Waals surface area contributed by atoms with E-state index in [1.807, 2.05) is 0 Å². The average Bonchev–Trinajstić information content (AvgIpc) is 3.06. The Balaban J connectivity index is -0.0000000280. The van der Waals surface area contributed by atoms with Gasteiger partial charge < -0.3 is 107 Å². The molecule has 0 fully saturated rings. The number of carbonyl (C=O) groups is 20. The van der Waals surface area contributed by atoms with E-state index >= 15 is 0 Å². The maximum absolute atomic E-state index is 9.65. The Kier molecular flexibility index (Phi) is 209. The largest absolute Gasteiger partial charge is 0.481 e. The van der Waals surface area contributed by atoms with Gasteiger partial charge in [-0.2, -0.15) is 0 Å². The van der Waals surface area contributed by atoms with Crippen LogP contribution < -0.4 is 0 Å². The first-order valence-electron chi connectivity index (χ1n) is 19.7. The summed E-state index contributed by atoms with van der Waals surface area (Å²) in [6.07, 6.45) is 0.422. The number of aliphatic carboxylic acids is 20. The SMILES string of the molecule is CC(=O)O.CC(=O)O.CC(=O)O.CC(=O)O.CC(=O)O.CC(=O)O.CC(=O)O.CC(=O)O.CC(=O)O.CC(=O)O.CC(=O)O.CC(=O)O.CC(=O)O.CC(=O)O.CC(=O)O.CC(=O)O.CC(=O)O.CC(=O)O.CC(=O)O.O=C(O)CCCO. The fraction of sp³-hybridized carbons (Fsp3) is 0.524. The van der Waals surface area contributed by atoms with Gasteiger partial charge in [0.25, 0.3) is 113 Å². The highest BCUT2D eigenvalue weighted by Crippen LogP contribution is 1.83. The second-order valence-electron chi connectivity index (χ2n) is 11.1. The molecule has 0 aliphatic carbocycles. The molecule has 0 unspecified atom stereocenters. The third kappa shape index (κ3) is 7790. The maximum Gasteiger partial charge on any atom is 0.303 e. The molecule has 0 aromatic carbocycles. The Morgan fingerprint density at radius 1 is 0.169 bits per heavy atom. The van der Waals surface area contributed by atoms with Crippen molar-refractivity contribution in [3.05, 3.63) is 0 Å². The van der Waals surface area contributed by atoms with Gasteiger partial charge in [0.2, 0.25) is 0 Å². The van der Waals surface area contributed by atoms with Crippen molar-refractivity contribution in [1.82, 2.24) is 0 Å². The van der Waals surface area contributed by atoms with E-state index in [2.05, 4.69) is 0 Å². The van der Waals surface area contributed by atoms with Crippen LogP contribution in [0.3, 0.4) is 0 Å². The first-order valence-corrected chi connectivity index (χ1v) is 19.7. The van der Waals surface area contributed by atoms with Gasteiger partial charge in [0.1, 0.15) is 0 Å². The van der Waals surface area contributed by atoms with E-state index in [0.29, 0.717) is 6.42 Å². The molecule has 0 rings (SSSR count). The van der Waals surface area contributed by atoms with Crippen LogP contribution in [-0.4, -0.2) is 233 Å². The Bertz CT molecular complexity index is 1150. The van der Waals surface area contributed by atoms with Crippen molar-refractivity contribution in [3.63, 3.8) is 0 Å². The molecule has 0 aliphatic rings. The molecule has 0 spiro atoms. The molecular weight excluding hydrogens is 1160 g/mol. The highest BCUT2D eigenvalue weighted by atomic mass is 16.4. The zero-order valence-electron chi connectivity index (χ0n) is 48.7. The van der Waals surface area contributed by atoms with Gasteiger partial charge in [-0.05, 0) is 6.42 Å². The number of aliphatic hydroxyl groups excluding tert-OH is 1. The predicted octanol–water partition coefficient (Wildman–Crippen LogP) is 1.57. The number of hydrogen-bond acceptors (Lipinski definition) is 21. The van der Waals surface area contributed by atoms with E-state index in [4.69, 9.17) is 198 Å². The average molecular weight is 1250 g/mol. The minimum Gasteiger partial charge on any atom is -0.481 e. The molecule has 83 heavy (non-hydrogen) atoms. The fourth-order valence-corrected chi connectivity index (χ4v) is 0.230. The predicted molar refractivity (Wildman–Crippen MR) is 277 cm³/mol. The number of aliphatic hydroxyl groups is 1. The summed E-state index contributed by atoms with van der Waals surface area (Å²) in [6, 6.07) is 0. The number of hydrogen-bond donors (Lipinski definition) is 21. The van der Waals surface area contributed by atoms with Crippen LogP contribution in [0.25, 0.3) is 0 Å². The lowest BCUT2D eigenvalue weighted by molar-refractivity contribution is -0.138. The van der Waals surface area contributed by atoms with E-state index in [1.54, 1.807) is 0 Å². The van der Waals surface area contributed by atoms with Crippen LogP contribution in [0.5, 0.6) is 0 Å². The Labute approximate surface area is 473 Å². The molecule has 0 radical (unpaired) electrons. The Morgan fingerprint density at radius 2 is 0.217 bits per heavy atom. The third-order valence-electron chi connectivity index (χ3n) is 0.549. The molecule has 0 aromatic heterocycles. The van der Waals surface area contributed by atoms with Crippen LogP contribution in [0.2, 0.25) is 0 Å². The highest BCUT2D eigenvalue weighted by Gasteiger charge is 1.91. The Morgan fingerprint density at radius 3 is 0.229 bits per heavy atom. The molecule has 41 heteroatoms. The Hall–Kier alpha value is -10.6. The molecule has 0 amide bonds. The minimum absolute atomic E-state index is 0.0354. The molecule has 41 nitrogen and oxygen atoms in total. The van der Waals surface area contributed by atoms with Crippen LogP contribution in [0.4, 0.5) is 0 Å². The van der Waals surface area contributed by atoms with Gasteiger partial charge in [-0.15, -0.1) is 0 Å². The van der Waals surface area contributed by atoms with Crippen molar-refractivity contribution in [2.24, 2.45) is 0 Å². The molecule has 498 valence electrons. The van der Waals surface area contributed by atoms with Gasteiger partial charge in [-0.1, -0.05) is 0 Å². The molecule has 0 aliphatic heterocycles. The lowest BCUT2D eigenvalue weighted by Gasteiger charge is -1.85. The minimum atomic E-state index is -0.853. The zero-order chi connectivity index (χ0) is 73.7. The molecule has 0 saturated heterocycles. The van der Waals surface area contributed by atoms with Crippen LogP contribution >= 0.6 is 0 Å². The van der Waals surface area contributed by atoms with Gasteiger partial charge in [0.15, 0.2) is 0 Å². The first kappa shape index (κ1) is 134.